The monoisotopic (exact) mass is 399 g/mol. The molecule has 4 nitrogen and oxygen atoms in total. The minimum atomic E-state index is -3.89. The molecule has 0 fully saturated rings. The van der Waals surface area contributed by atoms with Gasteiger partial charge in [0.15, 0.2) is 0 Å². The third-order valence-corrected chi connectivity index (χ3v) is 5.39. The van der Waals surface area contributed by atoms with Crippen molar-refractivity contribution in [3.63, 3.8) is 0 Å². The lowest BCUT2D eigenvalue weighted by Crippen LogP contribution is -2.09. The summed E-state index contributed by atoms with van der Waals surface area (Å²) in [5.41, 5.74) is 3.43. The largest absolute Gasteiger partial charge is 0.379 e. The van der Waals surface area contributed by atoms with Gasteiger partial charge in [-0.2, -0.15) is 8.42 Å². The van der Waals surface area contributed by atoms with Crippen molar-refractivity contribution in [2.75, 3.05) is 0 Å². The van der Waals surface area contributed by atoms with Crippen LogP contribution in [-0.4, -0.2) is 14.6 Å². The fraction of sp³-hybridized carbons (Fsp3) is 0.0952. The van der Waals surface area contributed by atoms with Gasteiger partial charge < -0.3 is 4.18 Å². The van der Waals surface area contributed by atoms with Gasteiger partial charge in [-0.3, -0.25) is 4.99 Å². The Bertz CT molecular complexity index is 1090. The first-order chi connectivity index (χ1) is 12.8. The predicted molar refractivity (Wildman–Crippen MR) is 109 cm³/mol. The average Bonchev–Trinajstić information content (AvgIpc) is 2.63. The van der Waals surface area contributed by atoms with Gasteiger partial charge in [-0.15, -0.1) is 0 Å². The molecule has 0 saturated heterocycles. The highest BCUT2D eigenvalue weighted by molar-refractivity contribution is 7.87. The molecule has 0 unspecified atom stereocenters. The van der Waals surface area contributed by atoms with Crippen LogP contribution in [0.25, 0.3) is 0 Å². The maximum atomic E-state index is 12.4. The Morgan fingerprint density at radius 3 is 2.44 bits per heavy atom. The second-order valence-electron chi connectivity index (χ2n) is 6.11. The number of rotatable bonds is 5. The summed E-state index contributed by atoms with van der Waals surface area (Å²) < 4.78 is 30.1. The molecule has 0 spiro atoms. The van der Waals surface area contributed by atoms with Crippen LogP contribution in [0.4, 0.5) is 5.69 Å². The molecular weight excluding hydrogens is 382 g/mol. The number of aliphatic imine (C=N–C) groups is 1. The summed E-state index contributed by atoms with van der Waals surface area (Å²) in [4.78, 5) is 4.54. The maximum Gasteiger partial charge on any atom is 0.339 e. The Morgan fingerprint density at radius 1 is 0.963 bits per heavy atom. The van der Waals surface area contributed by atoms with Crippen LogP contribution < -0.4 is 4.18 Å². The Morgan fingerprint density at radius 2 is 1.70 bits per heavy atom. The predicted octanol–water partition coefficient (Wildman–Crippen LogP) is 5.48. The van der Waals surface area contributed by atoms with E-state index in [0.717, 1.165) is 16.8 Å². The molecule has 0 saturated carbocycles. The van der Waals surface area contributed by atoms with Gasteiger partial charge >= 0.3 is 10.1 Å². The molecule has 0 heterocycles. The molecule has 0 aliphatic rings. The lowest BCUT2D eigenvalue weighted by atomic mass is 10.2. The fourth-order valence-corrected chi connectivity index (χ4v) is 3.48. The van der Waals surface area contributed by atoms with Gasteiger partial charge in [0.2, 0.25) is 0 Å². The normalized spacial score (nSPS) is 11.7. The second-order valence-corrected chi connectivity index (χ2v) is 8.09. The molecule has 0 N–H and O–H groups in total. The van der Waals surface area contributed by atoms with Crippen molar-refractivity contribution in [2.45, 2.75) is 18.7 Å². The van der Waals surface area contributed by atoms with Crippen LogP contribution in [0.5, 0.6) is 5.75 Å². The molecule has 0 aliphatic heterocycles. The van der Waals surface area contributed by atoms with Crippen molar-refractivity contribution in [1.82, 2.24) is 0 Å². The molecule has 3 rings (SSSR count). The molecule has 6 heteroatoms. The van der Waals surface area contributed by atoms with E-state index in [9.17, 15) is 8.42 Å². The van der Waals surface area contributed by atoms with E-state index in [-0.39, 0.29) is 10.6 Å². The van der Waals surface area contributed by atoms with E-state index in [1.54, 1.807) is 48.7 Å². The quantitative estimate of drug-likeness (QED) is 0.422. The zero-order valence-corrected chi connectivity index (χ0v) is 16.5. The van der Waals surface area contributed by atoms with Crippen LogP contribution in [0.15, 0.2) is 76.6 Å². The van der Waals surface area contributed by atoms with Crippen molar-refractivity contribution in [2.24, 2.45) is 4.99 Å². The Labute approximate surface area is 164 Å². The highest BCUT2D eigenvalue weighted by Gasteiger charge is 2.16. The van der Waals surface area contributed by atoms with Gasteiger partial charge in [0.1, 0.15) is 10.6 Å². The molecular formula is C21H18ClNO3S. The van der Waals surface area contributed by atoms with Gasteiger partial charge in [-0.1, -0.05) is 47.5 Å². The van der Waals surface area contributed by atoms with E-state index in [1.165, 1.54) is 12.1 Å². The lowest BCUT2D eigenvalue weighted by Gasteiger charge is -2.08. The molecule has 3 aromatic rings. The Kier molecular flexibility index (Phi) is 5.63. The van der Waals surface area contributed by atoms with Gasteiger partial charge in [-0.05, 0) is 61.4 Å². The van der Waals surface area contributed by atoms with E-state index in [4.69, 9.17) is 15.8 Å². The fourth-order valence-electron chi connectivity index (χ4n) is 2.39. The Hall–Kier alpha value is -2.63. The summed E-state index contributed by atoms with van der Waals surface area (Å²) in [6, 6.07) is 18.7. The van der Waals surface area contributed by atoms with Crippen LogP contribution in [0.2, 0.25) is 5.02 Å². The molecule has 3 aromatic carbocycles. The number of hydrogen-bond donors (Lipinski definition) is 0. The van der Waals surface area contributed by atoms with Crippen LogP contribution >= 0.6 is 11.6 Å². The van der Waals surface area contributed by atoms with Crippen molar-refractivity contribution < 1.29 is 12.6 Å². The average molecular weight is 400 g/mol. The number of hydrogen-bond acceptors (Lipinski definition) is 4. The SMILES string of the molecule is Cc1ccc(S(=O)(=O)Oc2cccc(C=Nc3cc(Cl)ccc3C)c2)cc1. The summed E-state index contributed by atoms with van der Waals surface area (Å²) in [6.45, 7) is 3.83. The standard InChI is InChI=1S/C21H18ClNO3S/c1-15-6-10-20(11-7-15)27(24,25)26-19-5-3-4-17(12-19)14-23-21-13-18(22)9-8-16(21)2/h3-14H,1-2H3. The van der Waals surface area contributed by atoms with E-state index in [1.807, 2.05) is 26.0 Å². The van der Waals surface area contributed by atoms with Crippen LogP contribution in [0, 0.1) is 13.8 Å². The first-order valence-electron chi connectivity index (χ1n) is 8.25. The summed E-state index contributed by atoms with van der Waals surface area (Å²) in [5.74, 6) is 0.224. The van der Waals surface area contributed by atoms with Gasteiger partial charge in [0.05, 0.1) is 5.69 Å². The third-order valence-electron chi connectivity index (χ3n) is 3.90. The van der Waals surface area contributed by atoms with Gasteiger partial charge in [0, 0.05) is 11.2 Å². The van der Waals surface area contributed by atoms with Crippen molar-refractivity contribution in [3.05, 3.63) is 88.4 Å². The summed E-state index contributed by atoms with van der Waals surface area (Å²) in [6.07, 6.45) is 1.64. The van der Waals surface area contributed by atoms with Crippen LogP contribution in [0.1, 0.15) is 16.7 Å². The summed E-state index contributed by atoms with van der Waals surface area (Å²) in [5, 5.41) is 0.606. The number of aryl methyl sites for hydroxylation is 2. The summed E-state index contributed by atoms with van der Waals surface area (Å²) in [7, 11) is -3.89. The van der Waals surface area contributed by atoms with Crippen molar-refractivity contribution in [3.8, 4) is 5.75 Å². The second kappa shape index (κ2) is 7.94. The molecule has 0 radical (unpaired) electrons. The smallest absolute Gasteiger partial charge is 0.339 e. The molecule has 0 bridgehead atoms. The van der Waals surface area contributed by atoms with Gasteiger partial charge in [-0.25, -0.2) is 0 Å². The zero-order chi connectivity index (χ0) is 19.4. The minimum absolute atomic E-state index is 0.113. The van der Waals surface area contributed by atoms with Crippen LogP contribution in [-0.2, 0) is 10.1 Å². The van der Waals surface area contributed by atoms with Crippen molar-refractivity contribution in [1.29, 1.82) is 0 Å². The van der Waals surface area contributed by atoms with E-state index in [0.29, 0.717) is 10.6 Å². The molecule has 27 heavy (non-hydrogen) atoms. The molecule has 0 amide bonds. The van der Waals surface area contributed by atoms with Crippen molar-refractivity contribution >= 4 is 33.6 Å². The topological polar surface area (TPSA) is 55.7 Å². The van der Waals surface area contributed by atoms with Crippen LogP contribution in [0.3, 0.4) is 0 Å². The first kappa shape index (κ1) is 19.1. The van der Waals surface area contributed by atoms with E-state index in [2.05, 4.69) is 4.99 Å². The number of halogens is 1. The maximum absolute atomic E-state index is 12.4. The summed E-state index contributed by atoms with van der Waals surface area (Å²) >= 11 is 6.00. The Balaban J connectivity index is 1.82. The molecule has 0 aliphatic carbocycles. The lowest BCUT2D eigenvalue weighted by molar-refractivity contribution is 0.486. The van der Waals surface area contributed by atoms with E-state index < -0.39 is 10.1 Å². The zero-order valence-electron chi connectivity index (χ0n) is 14.9. The van der Waals surface area contributed by atoms with Gasteiger partial charge in [0.25, 0.3) is 0 Å². The number of benzene rings is 3. The molecule has 0 atom stereocenters. The third kappa shape index (κ3) is 4.96. The molecule has 138 valence electrons. The highest BCUT2D eigenvalue weighted by atomic mass is 35.5. The highest BCUT2D eigenvalue weighted by Crippen LogP contribution is 2.24. The minimum Gasteiger partial charge on any atom is -0.379 e. The molecule has 0 aromatic heterocycles. The number of nitrogens with zero attached hydrogens (tertiary/aromatic N) is 1. The van der Waals surface area contributed by atoms with E-state index >= 15 is 0 Å². The first-order valence-corrected chi connectivity index (χ1v) is 10.0.